The molecule has 0 saturated carbocycles. The Kier molecular flexibility index (Phi) is 4.96. The van der Waals surface area contributed by atoms with Crippen LogP contribution in [-0.4, -0.2) is 11.1 Å². The van der Waals surface area contributed by atoms with Crippen LogP contribution in [0.2, 0.25) is 0 Å². The largest absolute Gasteiger partial charge is 0.481 e. The SMILES string of the molecule is Cc1cc(C(C)NCc2ccc(CC(=O)O)s2)c(C)s1. The van der Waals surface area contributed by atoms with Gasteiger partial charge in [0.1, 0.15) is 0 Å². The Hall–Kier alpha value is -1.17. The van der Waals surface area contributed by atoms with Crippen LogP contribution in [0.5, 0.6) is 0 Å². The van der Waals surface area contributed by atoms with Crippen LogP contribution < -0.4 is 5.32 Å². The molecule has 2 aromatic rings. The van der Waals surface area contributed by atoms with Crippen LogP contribution >= 0.6 is 22.7 Å². The molecule has 0 aliphatic carbocycles. The Morgan fingerprint density at radius 3 is 2.60 bits per heavy atom. The number of rotatable bonds is 6. The molecular formula is C15H19NO2S2. The summed E-state index contributed by atoms with van der Waals surface area (Å²) in [4.78, 5) is 15.4. The Bertz CT molecular complexity index is 601. The summed E-state index contributed by atoms with van der Waals surface area (Å²) in [6.45, 7) is 7.23. The van der Waals surface area contributed by atoms with Crippen LogP contribution in [0.4, 0.5) is 0 Å². The first-order chi connectivity index (χ1) is 9.45. The maximum absolute atomic E-state index is 10.7. The first-order valence-corrected chi connectivity index (χ1v) is 8.18. The molecule has 0 amide bonds. The third-order valence-electron chi connectivity index (χ3n) is 3.17. The molecule has 0 saturated heterocycles. The summed E-state index contributed by atoms with van der Waals surface area (Å²) >= 11 is 3.39. The number of carbonyl (C=O) groups is 1. The number of carboxylic acids is 1. The minimum absolute atomic E-state index is 0.114. The van der Waals surface area contributed by atoms with Gasteiger partial charge >= 0.3 is 5.97 Å². The fourth-order valence-corrected chi connectivity index (χ4v) is 4.19. The quantitative estimate of drug-likeness (QED) is 0.850. The normalized spacial score (nSPS) is 12.6. The van der Waals surface area contributed by atoms with E-state index in [2.05, 4.69) is 32.2 Å². The maximum atomic E-state index is 10.7. The topological polar surface area (TPSA) is 49.3 Å². The molecule has 1 atom stereocenters. The number of hydrogen-bond donors (Lipinski definition) is 2. The van der Waals surface area contributed by atoms with Gasteiger partial charge in [0.15, 0.2) is 0 Å². The Labute approximate surface area is 127 Å². The molecule has 108 valence electrons. The van der Waals surface area contributed by atoms with Crippen LogP contribution in [0.25, 0.3) is 0 Å². The van der Waals surface area contributed by atoms with Gasteiger partial charge in [-0.3, -0.25) is 4.79 Å². The summed E-state index contributed by atoms with van der Waals surface area (Å²) in [6, 6.07) is 6.46. The summed E-state index contributed by atoms with van der Waals surface area (Å²) in [7, 11) is 0. The predicted molar refractivity (Wildman–Crippen MR) is 84.7 cm³/mol. The average molecular weight is 309 g/mol. The van der Waals surface area contributed by atoms with Crippen molar-refractivity contribution >= 4 is 28.6 Å². The summed E-state index contributed by atoms with van der Waals surface area (Å²) in [5.41, 5.74) is 1.36. The molecule has 0 aromatic carbocycles. The van der Waals surface area contributed by atoms with Gasteiger partial charge in [-0.05, 0) is 44.5 Å². The zero-order valence-corrected chi connectivity index (χ0v) is 13.5. The van der Waals surface area contributed by atoms with E-state index >= 15 is 0 Å². The molecule has 0 aliphatic heterocycles. The number of carboxylic acid groups (broad SMARTS) is 1. The van der Waals surface area contributed by atoms with Gasteiger partial charge in [0.25, 0.3) is 0 Å². The van der Waals surface area contributed by atoms with Crippen molar-refractivity contribution in [2.75, 3.05) is 0 Å². The molecule has 2 heterocycles. The average Bonchev–Trinajstić information content (AvgIpc) is 2.92. The lowest BCUT2D eigenvalue weighted by atomic mass is 10.1. The van der Waals surface area contributed by atoms with E-state index in [4.69, 9.17) is 5.11 Å². The molecule has 5 heteroatoms. The summed E-state index contributed by atoms with van der Waals surface area (Å²) in [6.07, 6.45) is 0.114. The minimum Gasteiger partial charge on any atom is -0.481 e. The van der Waals surface area contributed by atoms with Crippen LogP contribution in [-0.2, 0) is 17.8 Å². The first kappa shape index (κ1) is 15.2. The summed E-state index contributed by atoms with van der Waals surface area (Å²) in [5, 5.41) is 12.3. The fraction of sp³-hybridized carbons (Fsp3) is 0.400. The molecule has 0 aliphatic rings. The van der Waals surface area contributed by atoms with Gasteiger partial charge in [-0.1, -0.05) is 0 Å². The van der Waals surface area contributed by atoms with Crippen molar-refractivity contribution in [3.8, 4) is 0 Å². The summed E-state index contributed by atoms with van der Waals surface area (Å²) < 4.78 is 0. The molecule has 2 aromatic heterocycles. The van der Waals surface area contributed by atoms with E-state index in [9.17, 15) is 4.79 Å². The van der Waals surface area contributed by atoms with Crippen molar-refractivity contribution in [2.24, 2.45) is 0 Å². The second-order valence-electron chi connectivity index (χ2n) is 4.91. The number of aliphatic carboxylic acids is 1. The third-order valence-corrected chi connectivity index (χ3v) is 5.24. The van der Waals surface area contributed by atoms with Crippen LogP contribution in [0.3, 0.4) is 0 Å². The van der Waals surface area contributed by atoms with E-state index in [0.29, 0.717) is 6.04 Å². The fourth-order valence-electron chi connectivity index (χ4n) is 2.21. The number of thiophene rings is 2. The van der Waals surface area contributed by atoms with Gasteiger partial charge in [0, 0.05) is 32.1 Å². The highest BCUT2D eigenvalue weighted by Gasteiger charge is 2.11. The van der Waals surface area contributed by atoms with Gasteiger partial charge in [-0.15, -0.1) is 22.7 Å². The van der Waals surface area contributed by atoms with E-state index in [1.54, 1.807) is 11.3 Å². The monoisotopic (exact) mass is 309 g/mol. The van der Waals surface area contributed by atoms with Crippen molar-refractivity contribution in [1.82, 2.24) is 5.32 Å². The highest BCUT2D eigenvalue weighted by molar-refractivity contribution is 7.12. The highest BCUT2D eigenvalue weighted by Crippen LogP contribution is 2.26. The van der Waals surface area contributed by atoms with Gasteiger partial charge in [-0.2, -0.15) is 0 Å². The Balaban J connectivity index is 1.93. The standard InChI is InChI=1S/C15H19NO2S2/c1-9-6-14(11(3)19-9)10(2)16-8-13-5-4-12(20-13)7-15(17)18/h4-6,10,16H,7-8H2,1-3H3,(H,17,18). The van der Waals surface area contributed by atoms with E-state index in [1.165, 1.54) is 20.2 Å². The predicted octanol–water partition coefficient (Wildman–Crippen LogP) is 3.90. The van der Waals surface area contributed by atoms with E-state index in [-0.39, 0.29) is 6.42 Å². The van der Waals surface area contributed by atoms with Crippen molar-refractivity contribution < 1.29 is 9.90 Å². The zero-order valence-electron chi connectivity index (χ0n) is 11.9. The van der Waals surface area contributed by atoms with Crippen LogP contribution in [0.1, 0.15) is 38.0 Å². The molecule has 0 spiro atoms. The molecular weight excluding hydrogens is 290 g/mol. The Morgan fingerprint density at radius 2 is 2.00 bits per heavy atom. The third kappa shape index (κ3) is 3.91. The first-order valence-electron chi connectivity index (χ1n) is 6.55. The molecule has 2 rings (SSSR count). The highest BCUT2D eigenvalue weighted by atomic mass is 32.1. The molecule has 0 bridgehead atoms. The van der Waals surface area contributed by atoms with Gasteiger partial charge in [0.2, 0.25) is 0 Å². The van der Waals surface area contributed by atoms with E-state index in [1.807, 2.05) is 23.5 Å². The van der Waals surface area contributed by atoms with Gasteiger partial charge < -0.3 is 10.4 Å². The zero-order chi connectivity index (χ0) is 14.7. The van der Waals surface area contributed by atoms with Crippen molar-refractivity contribution in [3.05, 3.63) is 43.3 Å². The lowest BCUT2D eigenvalue weighted by Gasteiger charge is -2.13. The second kappa shape index (κ2) is 6.52. The molecule has 1 unspecified atom stereocenters. The lowest BCUT2D eigenvalue weighted by Crippen LogP contribution is -2.17. The summed E-state index contributed by atoms with van der Waals surface area (Å²) in [5.74, 6) is -0.774. The molecule has 3 nitrogen and oxygen atoms in total. The number of hydrogen-bond acceptors (Lipinski definition) is 4. The van der Waals surface area contributed by atoms with Gasteiger partial charge in [0.05, 0.1) is 6.42 Å². The molecule has 0 fully saturated rings. The second-order valence-corrected chi connectivity index (χ2v) is 7.62. The van der Waals surface area contributed by atoms with Crippen molar-refractivity contribution in [1.29, 1.82) is 0 Å². The number of nitrogens with one attached hydrogen (secondary N) is 1. The maximum Gasteiger partial charge on any atom is 0.308 e. The van der Waals surface area contributed by atoms with E-state index in [0.717, 1.165) is 11.4 Å². The van der Waals surface area contributed by atoms with E-state index < -0.39 is 5.97 Å². The van der Waals surface area contributed by atoms with Crippen LogP contribution in [0, 0.1) is 13.8 Å². The minimum atomic E-state index is -0.774. The van der Waals surface area contributed by atoms with Crippen molar-refractivity contribution in [3.63, 3.8) is 0 Å². The van der Waals surface area contributed by atoms with Crippen LogP contribution in [0.15, 0.2) is 18.2 Å². The molecule has 0 radical (unpaired) electrons. The Morgan fingerprint density at radius 1 is 1.30 bits per heavy atom. The van der Waals surface area contributed by atoms with Gasteiger partial charge in [-0.25, -0.2) is 0 Å². The van der Waals surface area contributed by atoms with Crippen molar-refractivity contribution in [2.45, 2.75) is 39.8 Å². The smallest absolute Gasteiger partial charge is 0.308 e. The molecule has 2 N–H and O–H groups in total. The lowest BCUT2D eigenvalue weighted by molar-refractivity contribution is -0.136. The molecule has 20 heavy (non-hydrogen) atoms. The number of aryl methyl sites for hydroxylation is 2.